The highest BCUT2D eigenvalue weighted by molar-refractivity contribution is 6.67. The summed E-state index contributed by atoms with van der Waals surface area (Å²) in [7, 11) is 0. The van der Waals surface area contributed by atoms with Crippen LogP contribution in [0.25, 0.3) is 0 Å². The molecular weight excluding hydrogens is 220 g/mol. The first-order chi connectivity index (χ1) is 7.19. The van der Waals surface area contributed by atoms with Crippen LogP contribution in [0.5, 0.6) is 0 Å². The molecule has 15 heavy (non-hydrogen) atoms. The summed E-state index contributed by atoms with van der Waals surface area (Å²) in [5, 5.41) is 5.62. The highest BCUT2D eigenvalue weighted by atomic mass is 35.5. The molecule has 0 saturated carbocycles. The molecule has 0 radical (unpaired) electrons. The lowest BCUT2D eigenvalue weighted by Gasteiger charge is -2.11. The van der Waals surface area contributed by atoms with E-state index in [1.165, 1.54) is 6.20 Å². The Labute approximate surface area is 91.8 Å². The topological polar surface area (TPSA) is 72.1 Å². The molecule has 82 valence electrons. The lowest BCUT2D eigenvalue weighted by Crippen LogP contribution is -2.15. The average Bonchev–Trinajstić information content (AvgIpc) is 2.65. The molecule has 1 atom stereocenters. The molecule has 6 heteroatoms. The number of carbonyl (C=O) groups is 2. The maximum atomic E-state index is 10.9. The third-order valence-corrected chi connectivity index (χ3v) is 2.25. The lowest BCUT2D eigenvalue weighted by molar-refractivity contribution is -0.133. The van der Waals surface area contributed by atoms with Gasteiger partial charge in [0, 0.05) is 12.0 Å². The van der Waals surface area contributed by atoms with E-state index in [4.69, 9.17) is 16.3 Å². The summed E-state index contributed by atoms with van der Waals surface area (Å²) in [4.78, 5) is 21.1. The van der Waals surface area contributed by atoms with Gasteiger partial charge >= 0.3 is 0 Å². The van der Waals surface area contributed by atoms with Crippen molar-refractivity contribution in [2.24, 2.45) is 0 Å². The van der Waals surface area contributed by atoms with E-state index in [0.717, 1.165) is 0 Å². The maximum absolute atomic E-state index is 10.9. The van der Waals surface area contributed by atoms with Crippen molar-refractivity contribution in [3.05, 3.63) is 17.5 Å². The monoisotopic (exact) mass is 230 g/mol. The number of halogens is 1. The van der Waals surface area contributed by atoms with Crippen LogP contribution in [0.15, 0.2) is 6.20 Å². The minimum atomic E-state index is -0.594. The first-order valence-electron chi connectivity index (χ1n) is 4.50. The Morgan fingerprint density at radius 1 is 1.80 bits per heavy atom. The first kappa shape index (κ1) is 11.7. The molecule has 0 aliphatic rings. The molecule has 0 saturated heterocycles. The number of nitrogens with one attached hydrogen (secondary N) is 1. The summed E-state index contributed by atoms with van der Waals surface area (Å²) in [6.07, 6.45) is 2.35. The van der Waals surface area contributed by atoms with Crippen LogP contribution in [-0.2, 0) is 16.0 Å². The lowest BCUT2D eigenvalue weighted by atomic mass is 10.1. The number of nitrogens with zero attached hydrogens (tertiary/aromatic N) is 1. The van der Waals surface area contributed by atoms with Gasteiger partial charge in [0.05, 0.1) is 6.20 Å². The summed E-state index contributed by atoms with van der Waals surface area (Å²) >= 11 is 5.33. The van der Waals surface area contributed by atoms with E-state index < -0.39 is 5.24 Å². The third-order valence-electron chi connectivity index (χ3n) is 2.07. The van der Waals surface area contributed by atoms with E-state index in [-0.39, 0.29) is 11.8 Å². The molecule has 1 aromatic heterocycles. The van der Waals surface area contributed by atoms with Crippen molar-refractivity contribution in [1.29, 1.82) is 0 Å². The van der Waals surface area contributed by atoms with Crippen molar-refractivity contribution >= 4 is 23.3 Å². The minimum Gasteiger partial charge on any atom is -0.464 e. The largest absolute Gasteiger partial charge is 0.464 e. The predicted molar refractivity (Wildman–Crippen MR) is 53.7 cm³/mol. The Morgan fingerprint density at radius 2 is 2.53 bits per heavy atom. The fourth-order valence-corrected chi connectivity index (χ4v) is 1.41. The fraction of sp³-hybridized carbons (Fsp3) is 0.444. The molecule has 1 heterocycles. The molecular formula is C9H11ClN2O3. The molecule has 0 aliphatic carbocycles. The van der Waals surface area contributed by atoms with Gasteiger partial charge in [0.1, 0.15) is 11.8 Å². The van der Waals surface area contributed by atoms with Gasteiger partial charge in [0.2, 0.25) is 0 Å². The van der Waals surface area contributed by atoms with Crippen molar-refractivity contribution < 1.29 is 14.3 Å². The van der Waals surface area contributed by atoms with Gasteiger partial charge in [-0.05, 0) is 18.0 Å². The van der Waals surface area contributed by atoms with Crippen LogP contribution in [-0.4, -0.2) is 28.0 Å². The molecule has 1 rings (SSSR count). The van der Waals surface area contributed by atoms with Crippen molar-refractivity contribution in [2.45, 2.75) is 25.9 Å². The standard InChI is InChI=1S/C9H11ClN2O3/c1-2-7(15-5-13)3-6-4-11-12-8(6)9(10)14/h4-5,7H,2-3H2,1H3,(H,11,12). The highest BCUT2D eigenvalue weighted by Gasteiger charge is 2.16. The van der Waals surface area contributed by atoms with Crippen LogP contribution >= 0.6 is 11.6 Å². The zero-order valence-electron chi connectivity index (χ0n) is 8.20. The van der Waals surface area contributed by atoms with Crippen LogP contribution < -0.4 is 0 Å². The van der Waals surface area contributed by atoms with Gasteiger partial charge in [-0.2, -0.15) is 5.10 Å². The zero-order valence-corrected chi connectivity index (χ0v) is 8.95. The zero-order chi connectivity index (χ0) is 11.3. The predicted octanol–water partition coefficient (Wildman–Crippen LogP) is 1.28. The molecule has 0 aliphatic heterocycles. The van der Waals surface area contributed by atoms with E-state index in [9.17, 15) is 9.59 Å². The number of H-pyrrole nitrogens is 1. The second kappa shape index (κ2) is 5.50. The Bertz CT molecular complexity index is 351. The molecule has 0 amide bonds. The van der Waals surface area contributed by atoms with Gasteiger partial charge in [-0.1, -0.05) is 6.92 Å². The van der Waals surface area contributed by atoms with Crippen molar-refractivity contribution in [2.75, 3.05) is 0 Å². The molecule has 0 bridgehead atoms. The van der Waals surface area contributed by atoms with Gasteiger partial charge < -0.3 is 4.74 Å². The van der Waals surface area contributed by atoms with Crippen LogP contribution in [0.4, 0.5) is 0 Å². The van der Waals surface area contributed by atoms with E-state index in [0.29, 0.717) is 24.9 Å². The number of aromatic nitrogens is 2. The van der Waals surface area contributed by atoms with Crippen LogP contribution in [0, 0.1) is 0 Å². The van der Waals surface area contributed by atoms with E-state index in [2.05, 4.69) is 10.2 Å². The molecule has 0 aromatic carbocycles. The van der Waals surface area contributed by atoms with Crippen molar-refractivity contribution in [3.63, 3.8) is 0 Å². The van der Waals surface area contributed by atoms with Crippen LogP contribution in [0.3, 0.4) is 0 Å². The average molecular weight is 231 g/mol. The molecule has 0 spiro atoms. The number of aromatic amines is 1. The van der Waals surface area contributed by atoms with Gasteiger partial charge in [-0.15, -0.1) is 0 Å². The molecule has 1 unspecified atom stereocenters. The number of rotatable bonds is 6. The second-order valence-corrected chi connectivity index (χ2v) is 3.35. The summed E-state index contributed by atoms with van der Waals surface area (Å²) in [5.41, 5.74) is 0.910. The normalized spacial score (nSPS) is 12.1. The van der Waals surface area contributed by atoms with Gasteiger partial charge in [-0.3, -0.25) is 14.7 Å². The van der Waals surface area contributed by atoms with Crippen LogP contribution in [0.2, 0.25) is 0 Å². The number of ether oxygens (including phenoxy) is 1. The van der Waals surface area contributed by atoms with Crippen molar-refractivity contribution in [3.8, 4) is 0 Å². The Balaban J connectivity index is 2.74. The van der Waals surface area contributed by atoms with E-state index in [1.54, 1.807) is 0 Å². The molecule has 0 fully saturated rings. The van der Waals surface area contributed by atoms with Gasteiger partial charge in [0.15, 0.2) is 0 Å². The minimum absolute atomic E-state index is 0.254. The summed E-state index contributed by atoms with van der Waals surface area (Å²) in [6, 6.07) is 0. The summed E-state index contributed by atoms with van der Waals surface area (Å²) in [5.74, 6) is 0. The fourth-order valence-electron chi connectivity index (χ4n) is 1.25. The molecule has 5 nitrogen and oxygen atoms in total. The van der Waals surface area contributed by atoms with Crippen LogP contribution in [0.1, 0.15) is 29.4 Å². The second-order valence-electron chi connectivity index (χ2n) is 3.01. The highest BCUT2D eigenvalue weighted by Crippen LogP contribution is 2.13. The smallest absolute Gasteiger partial charge is 0.293 e. The Hall–Kier alpha value is -1.36. The third kappa shape index (κ3) is 3.06. The SMILES string of the molecule is CCC(Cc1cn[nH]c1C(=O)Cl)OC=O. The Kier molecular flexibility index (Phi) is 4.30. The molecule has 1 aromatic rings. The van der Waals surface area contributed by atoms with Gasteiger partial charge in [0.25, 0.3) is 11.7 Å². The number of carbonyl (C=O) groups excluding carboxylic acids is 2. The molecule has 1 N–H and O–H groups in total. The summed E-state index contributed by atoms with van der Waals surface area (Å²) in [6.45, 7) is 2.28. The maximum Gasteiger partial charge on any atom is 0.293 e. The van der Waals surface area contributed by atoms with Crippen molar-refractivity contribution in [1.82, 2.24) is 10.2 Å². The quantitative estimate of drug-likeness (QED) is 0.590. The Morgan fingerprint density at radius 3 is 3.07 bits per heavy atom. The number of hydrogen-bond donors (Lipinski definition) is 1. The number of hydrogen-bond acceptors (Lipinski definition) is 4. The van der Waals surface area contributed by atoms with E-state index >= 15 is 0 Å². The van der Waals surface area contributed by atoms with Gasteiger partial charge in [-0.25, -0.2) is 0 Å². The summed E-state index contributed by atoms with van der Waals surface area (Å²) < 4.78 is 4.82. The first-order valence-corrected chi connectivity index (χ1v) is 4.88. The van der Waals surface area contributed by atoms with E-state index in [1.807, 2.05) is 6.92 Å².